The molecule has 0 amide bonds. The van der Waals surface area contributed by atoms with E-state index in [1.807, 2.05) is 13.8 Å². The molecule has 0 aliphatic rings. The van der Waals surface area contributed by atoms with E-state index < -0.39 is 4.92 Å². The van der Waals surface area contributed by atoms with Crippen molar-refractivity contribution >= 4 is 5.69 Å². The summed E-state index contributed by atoms with van der Waals surface area (Å²) in [6.07, 6.45) is 0.630. The van der Waals surface area contributed by atoms with Gasteiger partial charge in [0.05, 0.1) is 22.9 Å². The number of nitro benzene ring substituents is 1. The van der Waals surface area contributed by atoms with E-state index in [0.717, 1.165) is 11.3 Å². The topological polar surface area (TPSA) is 94.1 Å². The fourth-order valence-electron chi connectivity index (χ4n) is 1.94. The third-order valence-electron chi connectivity index (χ3n) is 2.96. The number of aliphatic hydroxyl groups is 1. The molecule has 1 heterocycles. The van der Waals surface area contributed by atoms with Crippen LogP contribution in [0.3, 0.4) is 0 Å². The highest BCUT2D eigenvalue weighted by atomic mass is 16.6. The van der Waals surface area contributed by atoms with E-state index in [1.165, 1.54) is 12.1 Å². The summed E-state index contributed by atoms with van der Waals surface area (Å²) >= 11 is 0. The number of hydrogen-bond acceptors (Lipinski definition) is 5. The molecule has 7 nitrogen and oxygen atoms in total. The highest BCUT2D eigenvalue weighted by molar-refractivity contribution is 5.49. The second-order valence-corrected chi connectivity index (χ2v) is 4.13. The van der Waals surface area contributed by atoms with E-state index in [1.54, 1.807) is 10.7 Å². The molecule has 1 aromatic carbocycles. The molecule has 0 saturated heterocycles. The van der Waals surface area contributed by atoms with Crippen LogP contribution in [0.2, 0.25) is 0 Å². The molecule has 0 spiro atoms. The average Bonchev–Trinajstić information content (AvgIpc) is 2.81. The summed E-state index contributed by atoms with van der Waals surface area (Å²) in [6.45, 7) is 3.57. The van der Waals surface area contributed by atoms with Crippen LogP contribution in [-0.4, -0.2) is 25.0 Å². The second-order valence-electron chi connectivity index (χ2n) is 4.13. The first-order valence-corrected chi connectivity index (χ1v) is 5.88. The molecule has 0 bridgehead atoms. The monoisotopic (exact) mass is 262 g/mol. The van der Waals surface area contributed by atoms with E-state index in [9.17, 15) is 15.2 Å². The van der Waals surface area contributed by atoms with Crippen LogP contribution in [0.15, 0.2) is 18.2 Å². The first-order chi connectivity index (χ1) is 9.08. The van der Waals surface area contributed by atoms with Crippen LogP contribution in [-0.2, 0) is 13.0 Å². The summed E-state index contributed by atoms with van der Waals surface area (Å²) in [5.41, 5.74) is 2.72. The molecule has 1 N–H and O–H groups in total. The fourth-order valence-corrected chi connectivity index (χ4v) is 1.94. The van der Waals surface area contributed by atoms with Gasteiger partial charge in [0.2, 0.25) is 0 Å². The standard InChI is InChI=1S/C12H14N4O3/c1-3-11-10(7-17)13-14-15(11)12-6-9(16(18)19)5-4-8(12)2/h4-6,17H,3,7H2,1-2H3. The molecule has 100 valence electrons. The van der Waals surface area contributed by atoms with E-state index in [0.29, 0.717) is 17.8 Å². The SMILES string of the molecule is CCc1c(CO)nnn1-c1cc([N+](=O)[O-])ccc1C. The minimum absolute atomic E-state index is 0.00343. The van der Waals surface area contributed by atoms with Gasteiger partial charge in [0.1, 0.15) is 5.69 Å². The van der Waals surface area contributed by atoms with Gasteiger partial charge >= 0.3 is 0 Å². The van der Waals surface area contributed by atoms with Gasteiger partial charge in [0, 0.05) is 12.1 Å². The molecular weight excluding hydrogens is 248 g/mol. The van der Waals surface area contributed by atoms with E-state index >= 15 is 0 Å². The molecule has 0 radical (unpaired) electrons. The van der Waals surface area contributed by atoms with Crippen LogP contribution >= 0.6 is 0 Å². The number of nitrogens with zero attached hydrogens (tertiary/aromatic N) is 4. The number of aromatic nitrogens is 3. The maximum Gasteiger partial charge on any atom is 0.271 e. The second kappa shape index (κ2) is 5.15. The number of nitro groups is 1. The molecule has 0 atom stereocenters. The van der Waals surface area contributed by atoms with Crippen LogP contribution in [0.5, 0.6) is 0 Å². The van der Waals surface area contributed by atoms with Gasteiger partial charge in [0.25, 0.3) is 5.69 Å². The van der Waals surface area contributed by atoms with Crippen molar-refractivity contribution < 1.29 is 10.0 Å². The molecule has 1 aromatic heterocycles. The quantitative estimate of drug-likeness (QED) is 0.666. The third-order valence-corrected chi connectivity index (χ3v) is 2.96. The number of aryl methyl sites for hydroxylation is 1. The smallest absolute Gasteiger partial charge is 0.271 e. The summed E-state index contributed by atoms with van der Waals surface area (Å²) in [4.78, 5) is 10.4. The maximum absolute atomic E-state index is 10.8. The van der Waals surface area contributed by atoms with Gasteiger partial charge in [-0.2, -0.15) is 0 Å². The predicted molar refractivity (Wildman–Crippen MR) is 68.1 cm³/mol. The number of non-ortho nitro benzene ring substituents is 1. The Morgan fingerprint density at radius 3 is 2.79 bits per heavy atom. The Morgan fingerprint density at radius 1 is 1.47 bits per heavy atom. The average molecular weight is 262 g/mol. The Bertz CT molecular complexity index is 621. The summed E-state index contributed by atoms with van der Waals surface area (Å²) in [5, 5.41) is 27.9. The third kappa shape index (κ3) is 2.32. The highest BCUT2D eigenvalue weighted by Crippen LogP contribution is 2.22. The molecule has 0 unspecified atom stereocenters. The molecule has 0 saturated carbocycles. The lowest BCUT2D eigenvalue weighted by Gasteiger charge is -2.08. The van der Waals surface area contributed by atoms with Crippen molar-refractivity contribution in [3.8, 4) is 5.69 Å². The van der Waals surface area contributed by atoms with Crippen LogP contribution in [0.4, 0.5) is 5.69 Å². The first kappa shape index (κ1) is 13.2. The van der Waals surface area contributed by atoms with Gasteiger partial charge < -0.3 is 5.11 Å². The molecule has 0 aliphatic carbocycles. The number of hydrogen-bond donors (Lipinski definition) is 1. The molecular formula is C12H14N4O3. The summed E-state index contributed by atoms with van der Waals surface area (Å²) in [6, 6.07) is 4.59. The highest BCUT2D eigenvalue weighted by Gasteiger charge is 2.16. The predicted octanol–water partition coefficient (Wildman–Crippen LogP) is 1.54. The lowest BCUT2D eigenvalue weighted by molar-refractivity contribution is -0.384. The molecule has 7 heteroatoms. The van der Waals surface area contributed by atoms with Gasteiger partial charge in [-0.1, -0.05) is 18.2 Å². The van der Waals surface area contributed by atoms with E-state index in [2.05, 4.69) is 10.3 Å². The summed E-state index contributed by atoms with van der Waals surface area (Å²) in [7, 11) is 0. The number of benzene rings is 1. The Balaban J connectivity index is 2.61. The number of aliphatic hydroxyl groups excluding tert-OH is 1. The van der Waals surface area contributed by atoms with Crippen molar-refractivity contribution in [1.82, 2.24) is 15.0 Å². The van der Waals surface area contributed by atoms with Crippen molar-refractivity contribution in [2.45, 2.75) is 26.9 Å². The number of rotatable bonds is 4. The van der Waals surface area contributed by atoms with Crippen molar-refractivity contribution in [2.24, 2.45) is 0 Å². The Kier molecular flexibility index (Phi) is 3.57. The molecule has 2 aromatic rings. The molecule has 0 fully saturated rings. The zero-order valence-electron chi connectivity index (χ0n) is 10.7. The minimum atomic E-state index is -0.446. The van der Waals surface area contributed by atoms with Gasteiger partial charge in [-0.25, -0.2) is 4.68 Å². The lowest BCUT2D eigenvalue weighted by Crippen LogP contribution is -2.05. The van der Waals surface area contributed by atoms with Gasteiger partial charge in [-0.3, -0.25) is 10.1 Å². The zero-order chi connectivity index (χ0) is 14.0. The van der Waals surface area contributed by atoms with Crippen molar-refractivity contribution in [3.63, 3.8) is 0 Å². The lowest BCUT2D eigenvalue weighted by atomic mass is 10.1. The normalized spacial score (nSPS) is 10.7. The molecule has 2 rings (SSSR count). The molecule has 19 heavy (non-hydrogen) atoms. The Morgan fingerprint density at radius 2 is 2.21 bits per heavy atom. The first-order valence-electron chi connectivity index (χ1n) is 5.88. The van der Waals surface area contributed by atoms with Crippen LogP contribution in [0.1, 0.15) is 23.9 Å². The van der Waals surface area contributed by atoms with Crippen LogP contribution in [0.25, 0.3) is 5.69 Å². The van der Waals surface area contributed by atoms with E-state index in [-0.39, 0.29) is 12.3 Å². The molecule has 0 aliphatic heterocycles. The summed E-state index contributed by atoms with van der Waals surface area (Å²) in [5.74, 6) is 0. The zero-order valence-corrected chi connectivity index (χ0v) is 10.7. The Hall–Kier alpha value is -2.28. The summed E-state index contributed by atoms with van der Waals surface area (Å²) < 4.78 is 1.55. The van der Waals surface area contributed by atoms with Crippen molar-refractivity contribution in [2.75, 3.05) is 0 Å². The van der Waals surface area contributed by atoms with Gasteiger partial charge in [-0.15, -0.1) is 5.10 Å². The fraction of sp³-hybridized carbons (Fsp3) is 0.333. The Labute approximate surface area is 109 Å². The minimum Gasteiger partial charge on any atom is -0.390 e. The van der Waals surface area contributed by atoms with Crippen LogP contribution in [0, 0.1) is 17.0 Å². The van der Waals surface area contributed by atoms with Crippen molar-refractivity contribution in [3.05, 3.63) is 45.3 Å². The van der Waals surface area contributed by atoms with Crippen LogP contribution < -0.4 is 0 Å². The van der Waals surface area contributed by atoms with Crippen molar-refractivity contribution in [1.29, 1.82) is 0 Å². The maximum atomic E-state index is 10.8. The van der Waals surface area contributed by atoms with Gasteiger partial charge in [-0.05, 0) is 18.9 Å². The van der Waals surface area contributed by atoms with Gasteiger partial charge in [0.15, 0.2) is 0 Å². The van der Waals surface area contributed by atoms with E-state index in [4.69, 9.17) is 0 Å². The largest absolute Gasteiger partial charge is 0.390 e.